The van der Waals surface area contributed by atoms with Crippen molar-refractivity contribution in [2.75, 3.05) is 0 Å². The minimum absolute atomic E-state index is 0.200. The van der Waals surface area contributed by atoms with Crippen molar-refractivity contribution in [2.45, 2.75) is 0 Å². The van der Waals surface area contributed by atoms with Gasteiger partial charge in [-0.1, -0.05) is 17.3 Å². The Kier molecular flexibility index (Phi) is 3.92. The van der Waals surface area contributed by atoms with Crippen LogP contribution in [0.3, 0.4) is 0 Å². The molecule has 2 heterocycles. The van der Waals surface area contributed by atoms with Crippen LogP contribution in [0.2, 0.25) is 0 Å². The summed E-state index contributed by atoms with van der Waals surface area (Å²) >= 11 is 2.90. The lowest BCUT2D eigenvalue weighted by molar-refractivity contribution is 0.322. The van der Waals surface area contributed by atoms with Crippen LogP contribution in [0.5, 0.6) is 5.75 Å². The number of benzene rings is 1. The Balaban J connectivity index is 2.24. The maximum absolute atomic E-state index is 9.44. The predicted molar refractivity (Wildman–Crippen MR) is 88.8 cm³/mol. The van der Waals surface area contributed by atoms with Crippen molar-refractivity contribution in [3.63, 3.8) is 0 Å². The van der Waals surface area contributed by atoms with Gasteiger partial charge in [-0.15, -0.1) is 11.3 Å². The van der Waals surface area contributed by atoms with Crippen LogP contribution in [0.25, 0.3) is 22.3 Å². The number of phenols is 1. The molecule has 4 nitrogen and oxygen atoms in total. The summed E-state index contributed by atoms with van der Waals surface area (Å²) in [7, 11) is 0. The van der Waals surface area contributed by atoms with Crippen molar-refractivity contribution >= 4 is 28.9 Å². The van der Waals surface area contributed by atoms with E-state index in [4.69, 9.17) is 5.21 Å². The lowest BCUT2D eigenvalue weighted by atomic mass is 9.96. The Morgan fingerprint density at radius 3 is 2.55 bits per heavy atom. The number of oxime groups is 1. The Morgan fingerprint density at radius 2 is 1.86 bits per heavy atom. The summed E-state index contributed by atoms with van der Waals surface area (Å²) in [5, 5.41) is 36.4. The van der Waals surface area contributed by atoms with E-state index in [0.29, 0.717) is 5.56 Å². The topological polar surface area (TPSA) is 76.6 Å². The molecule has 2 N–H and O–H groups in total. The summed E-state index contributed by atoms with van der Waals surface area (Å²) in [4.78, 5) is 0.778. The first-order chi connectivity index (χ1) is 10.7. The number of nitriles is 1. The monoisotopic (exact) mass is 326 g/mol. The van der Waals surface area contributed by atoms with Crippen LogP contribution in [0.15, 0.2) is 45.6 Å². The van der Waals surface area contributed by atoms with Crippen LogP contribution < -0.4 is 0 Å². The molecule has 0 bridgehead atoms. The standard InChI is InChI=1S/C16H10N2O2S2/c17-5-11-7-21-8-13(11)16-14(9-22-15(16)6-18-20)10-1-3-12(19)4-2-10/h1-4,6-9,19-20H/b18-6+. The molecule has 6 heteroatoms. The second-order valence-corrected chi connectivity index (χ2v) is 6.15. The highest BCUT2D eigenvalue weighted by Crippen LogP contribution is 2.41. The van der Waals surface area contributed by atoms with E-state index in [1.807, 2.05) is 22.9 Å². The van der Waals surface area contributed by atoms with E-state index >= 15 is 0 Å². The maximum atomic E-state index is 9.44. The molecule has 3 aromatic rings. The number of hydrogen-bond donors (Lipinski definition) is 2. The second kappa shape index (κ2) is 6.02. The van der Waals surface area contributed by atoms with Crippen molar-refractivity contribution < 1.29 is 10.3 Å². The molecule has 0 atom stereocenters. The zero-order chi connectivity index (χ0) is 15.5. The molecule has 0 aliphatic heterocycles. The van der Waals surface area contributed by atoms with Gasteiger partial charge in [0.1, 0.15) is 11.8 Å². The van der Waals surface area contributed by atoms with Crippen LogP contribution >= 0.6 is 22.7 Å². The van der Waals surface area contributed by atoms with Gasteiger partial charge in [-0.2, -0.15) is 16.6 Å². The number of aromatic hydroxyl groups is 1. The van der Waals surface area contributed by atoms with E-state index in [0.717, 1.165) is 27.1 Å². The quantitative estimate of drug-likeness (QED) is 0.422. The Bertz CT molecular complexity index is 870. The van der Waals surface area contributed by atoms with Gasteiger partial charge < -0.3 is 10.3 Å². The van der Waals surface area contributed by atoms with Gasteiger partial charge in [-0.25, -0.2) is 0 Å². The number of thiophene rings is 2. The van der Waals surface area contributed by atoms with Gasteiger partial charge in [-0.05, 0) is 28.5 Å². The molecule has 0 unspecified atom stereocenters. The summed E-state index contributed by atoms with van der Waals surface area (Å²) in [6.07, 6.45) is 1.38. The van der Waals surface area contributed by atoms with Gasteiger partial charge in [0.2, 0.25) is 0 Å². The average Bonchev–Trinajstić information content (AvgIpc) is 3.14. The Hall–Kier alpha value is -2.62. The van der Waals surface area contributed by atoms with Crippen LogP contribution in [0.4, 0.5) is 0 Å². The van der Waals surface area contributed by atoms with Gasteiger partial charge in [0.05, 0.1) is 16.7 Å². The summed E-state index contributed by atoms with van der Waals surface area (Å²) in [6.45, 7) is 0. The van der Waals surface area contributed by atoms with Crippen molar-refractivity contribution in [3.05, 3.63) is 50.8 Å². The molecule has 0 spiro atoms. The first-order valence-corrected chi connectivity index (χ1v) is 8.12. The molecule has 0 radical (unpaired) electrons. The molecule has 0 aliphatic rings. The third kappa shape index (κ3) is 2.48. The van der Waals surface area contributed by atoms with E-state index < -0.39 is 0 Å². The smallest absolute Gasteiger partial charge is 0.115 e. The molecule has 108 valence electrons. The highest BCUT2D eigenvalue weighted by atomic mass is 32.1. The fourth-order valence-electron chi connectivity index (χ4n) is 2.23. The van der Waals surface area contributed by atoms with Gasteiger partial charge in [-0.3, -0.25) is 0 Å². The van der Waals surface area contributed by atoms with Crippen molar-refractivity contribution in [3.8, 4) is 34.1 Å². The molecule has 0 fully saturated rings. The van der Waals surface area contributed by atoms with Gasteiger partial charge in [0.25, 0.3) is 0 Å². The van der Waals surface area contributed by atoms with Crippen molar-refractivity contribution in [1.82, 2.24) is 0 Å². The molecule has 1 aromatic carbocycles. The molecule has 0 saturated heterocycles. The third-order valence-electron chi connectivity index (χ3n) is 3.22. The maximum Gasteiger partial charge on any atom is 0.115 e. The van der Waals surface area contributed by atoms with Crippen LogP contribution in [-0.2, 0) is 0 Å². The minimum atomic E-state index is 0.200. The number of nitrogens with zero attached hydrogens (tertiary/aromatic N) is 2. The second-order valence-electron chi connectivity index (χ2n) is 4.49. The summed E-state index contributed by atoms with van der Waals surface area (Å²) < 4.78 is 0. The van der Waals surface area contributed by atoms with Crippen LogP contribution in [0, 0.1) is 11.3 Å². The molecule has 22 heavy (non-hydrogen) atoms. The first-order valence-electron chi connectivity index (χ1n) is 6.29. The largest absolute Gasteiger partial charge is 0.508 e. The first kappa shape index (κ1) is 14.3. The van der Waals surface area contributed by atoms with Gasteiger partial charge >= 0.3 is 0 Å². The van der Waals surface area contributed by atoms with Crippen molar-refractivity contribution in [1.29, 1.82) is 5.26 Å². The molecule has 3 rings (SSSR count). The Morgan fingerprint density at radius 1 is 1.09 bits per heavy atom. The zero-order valence-electron chi connectivity index (χ0n) is 11.2. The molecular formula is C16H10N2O2S2. The molecule has 0 saturated carbocycles. The summed E-state index contributed by atoms with van der Waals surface area (Å²) in [5.74, 6) is 0.200. The highest BCUT2D eigenvalue weighted by molar-refractivity contribution is 7.13. The fraction of sp³-hybridized carbons (Fsp3) is 0. The number of phenolic OH excluding ortho intramolecular Hbond substituents is 1. The third-order valence-corrected chi connectivity index (χ3v) is 4.89. The van der Waals surface area contributed by atoms with Gasteiger partial charge in [0.15, 0.2) is 0 Å². The fourth-order valence-corrected chi connectivity index (χ4v) is 3.94. The molecule has 2 aromatic heterocycles. The SMILES string of the molecule is N#Cc1cscc1-c1c(-c2ccc(O)cc2)csc1/C=N/O. The molecule has 0 aliphatic carbocycles. The van der Waals surface area contributed by atoms with Crippen LogP contribution in [-0.4, -0.2) is 16.5 Å². The molecular weight excluding hydrogens is 316 g/mol. The van der Waals surface area contributed by atoms with E-state index in [9.17, 15) is 10.4 Å². The molecule has 0 amide bonds. The van der Waals surface area contributed by atoms with E-state index in [2.05, 4.69) is 11.2 Å². The van der Waals surface area contributed by atoms with Crippen molar-refractivity contribution in [2.24, 2.45) is 5.16 Å². The summed E-state index contributed by atoms with van der Waals surface area (Å²) in [6, 6.07) is 9.07. The van der Waals surface area contributed by atoms with E-state index in [-0.39, 0.29) is 5.75 Å². The Labute approximate surface area is 134 Å². The predicted octanol–water partition coefficient (Wildman–Crippen LogP) is 4.53. The van der Waals surface area contributed by atoms with Gasteiger partial charge in [0, 0.05) is 22.1 Å². The summed E-state index contributed by atoms with van der Waals surface area (Å²) in [5.41, 5.74) is 4.15. The minimum Gasteiger partial charge on any atom is -0.508 e. The van der Waals surface area contributed by atoms with E-state index in [1.54, 1.807) is 17.5 Å². The normalized spacial score (nSPS) is 10.9. The van der Waals surface area contributed by atoms with E-state index in [1.165, 1.54) is 28.9 Å². The number of rotatable bonds is 3. The highest BCUT2D eigenvalue weighted by Gasteiger charge is 2.18. The van der Waals surface area contributed by atoms with Crippen LogP contribution in [0.1, 0.15) is 10.4 Å². The number of hydrogen-bond acceptors (Lipinski definition) is 6. The lowest BCUT2D eigenvalue weighted by Gasteiger charge is -2.05. The zero-order valence-corrected chi connectivity index (χ0v) is 12.9. The lowest BCUT2D eigenvalue weighted by Crippen LogP contribution is -1.86. The average molecular weight is 326 g/mol.